The van der Waals surface area contributed by atoms with Crippen LogP contribution < -0.4 is 4.74 Å². The molecule has 4 rings (SSSR count). The Morgan fingerprint density at radius 2 is 1.86 bits per heavy atom. The molecule has 3 aromatic rings. The summed E-state index contributed by atoms with van der Waals surface area (Å²) in [6, 6.07) is 16.5. The van der Waals surface area contributed by atoms with Crippen LogP contribution in [0.3, 0.4) is 0 Å². The molecule has 1 aliphatic heterocycles. The highest BCUT2D eigenvalue weighted by atomic mass is 16.6. The van der Waals surface area contributed by atoms with Crippen molar-refractivity contribution >= 4 is 17.5 Å². The molecule has 1 atom stereocenters. The van der Waals surface area contributed by atoms with Crippen molar-refractivity contribution in [1.82, 2.24) is 14.4 Å². The minimum absolute atomic E-state index is 0.0915. The molecule has 0 spiro atoms. The number of methoxy groups -OCH3 is 1. The fourth-order valence-electron chi connectivity index (χ4n) is 4.43. The van der Waals surface area contributed by atoms with Crippen LogP contribution in [0.1, 0.15) is 41.5 Å². The molecule has 1 unspecified atom stereocenters. The Bertz CT molecular complexity index is 1230. The van der Waals surface area contributed by atoms with Crippen LogP contribution in [0.15, 0.2) is 66.9 Å². The summed E-state index contributed by atoms with van der Waals surface area (Å²) in [5, 5.41) is 11.0. The average Bonchev–Trinajstić information content (AvgIpc) is 3.35. The van der Waals surface area contributed by atoms with Gasteiger partial charge in [0.1, 0.15) is 12.3 Å². The Labute approximate surface area is 203 Å². The minimum Gasteiger partial charge on any atom is -0.497 e. The van der Waals surface area contributed by atoms with Gasteiger partial charge in [-0.15, -0.1) is 0 Å². The van der Waals surface area contributed by atoms with Crippen LogP contribution in [0.5, 0.6) is 5.75 Å². The lowest BCUT2D eigenvalue weighted by Gasteiger charge is -2.39. The zero-order chi connectivity index (χ0) is 25.1. The second kappa shape index (κ2) is 10.0. The van der Waals surface area contributed by atoms with Crippen molar-refractivity contribution in [1.29, 1.82) is 0 Å². The van der Waals surface area contributed by atoms with E-state index in [1.54, 1.807) is 7.11 Å². The smallest absolute Gasteiger partial charge is 0.269 e. The lowest BCUT2D eigenvalue weighted by atomic mass is 9.99. The topological polar surface area (TPSA) is 97.9 Å². The summed E-state index contributed by atoms with van der Waals surface area (Å²) in [7, 11) is 1.61. The number of hydrogen-bond acceptors (Lipinski definition) is 5. The number of hydrogen-bond donors (Lipinski definition) is 0. The number of benzene rings is 2. The molecule has 35 heavy (non-hydrogen) atoms. The van der Waals surface area contributed by atoms with E-state index in [-0.39, 0.29) is 36.1 Å². The summed E-state index contributed by atoms with van der Waals surface area (Å²) in [6.45, 7) is 4.75. The van der Waals surface area contributed by atoms with Crippen molar-refractivity contribution in [3.63, 3.8) is 0 Å². The number of carbonyl (C=O) groups is 2. The van der Waals surface area contributed by atoms with Gasteiger partial charge in [-0.25, -0.2) is 0 Å². The number of non-ortho nitro benzene ring substituents is 1. The van der Waals surface area contributed by atoms with Crippen molar-refractivity contribution < 1.29 is 19.2 Å². The molecular weight excluding hydrogens is 448 g/mol. The number of nitro groups is 1. The molecule has 9 heteroatoms. The minimum atomic E-state index is -0.511. The average molecular weight is 477 g/mol. The molecule has 0 aliphatic carbocycles. The van der Waals surface area contributed by atoms with E-state index < -0.39 is 4.92 Å². The third kappa shape index (κ3) is 4.89. The molecule has 1 aromatic heterocycles. The van der Waals surface area contributed by atoms with Gasteiger partial charge in [-0.3, -0.25) is 19.7 Å². The zero-order valence-electron chi connectivity index (χ0n) is 20.0. The molecule has 2 amide bonds. The maximum Gasteiger partial charge on any atom is 0.269 e. The van der Waals surface area contributed by atoms with E-state index in [1.807, 2.05) is 61.3 Å². The second-order valence-corrected chi connectivity index (χ2v) is 8.72. The molecule has 182 valence electrons. The normalized spacial score (nSPS) is 15.0. The second-order valence-electron chi connectivity index (χ2n) is 8.72. The van der Waals surface area contributed by atoms with Gasteiger partial charge < -0.3 is 19.1 Å². The summed E-state index contributed by atoms with van der Waals surface area (Å²) in [6.07, 6.45) is 2.00. The monoisotopic (exact) mass is 476 g/mol. The standard InChI is InChI=1S/C26H28N4O5/c1-18(2)29(26(32)19-9-11-21(12-10-19)30(33)34)17-24(31)28-15-14-27-13-5-8-23(27)25(28)20-6-4-7-22(16-20)35-3/h4-13,16,18,25H,14-15,17H2,1-3H3. The molecule has 1 aliphatic rings. The molecule has 2 aromatic carbocycles. The molecule has 0 saturated heterocycles. The molecule has 0 bridgehead atoms. The number of carbonyl (C=O) groups excluding carboxylic acids is 2. The number of ether oxygens (including phenoxy) is 1. The van der Waals surface area contributed by atoms with Crippen molar-refractivity contribution in [2.45, 2.75) is 32.5 Å². The molecule has 0 fully saturated rings. The van der Waals surface area contributed by atoms with E-state index in [1.165, 1.54) is 29.2 Å². The van der Waals surface area contributed by atoms with Crippen LogP contribution >= 0.6 is 0 Å². The molecule has 9 nitrogen and oxygen atoms in total. The van der Waals surface area contributed by atoms with Gasteiger partial charge in [-0.05, 0) is 55.8 Å². The van der Waals surface area contributed by atoms with Gasteiger partial charge in [0.15, 0.2) is 0 Å². The highest BCUT2D eigenvalue weighted by molar-refractivity contribution is 5.97. The zero-order valence-corrected chi connectivity index (χ0v) is 20.0. The van der Waals surface area contributed by atoms with Gasteiger partial charge in [0, 0.05) is 48.7 Å². The van der Waals surface area contributed by atoms with Gasteiger partial charge in [-0.2, -0.15) is 0 Å². The Balaban J connectivity index is 1.61. The third-order valence-corrected chi connectivity index (χ3v) is 6.28. The Hall–Kier alpha value is -4.14. The lowest BCUT2D eigenvalue weighted by molar-refractivity contribution is -0.384. The van der Waals surface area contributed by atoms with Crippen molar-refractivity contribution in [3.05, 3.63) is 93.8 Å². The van der Waals surface area contributed by atoms with E-state index in [4.69, 9.17) is 4.74 Å². The Morgan fingerprint density at radius 3 is 2.51 bits per heavy atom. The number of nitrogens with zero attached hydrogens (tertiary/aromatic N) is 4. The summed E-state index contributed by atoms with van der Waals surface area (Å²) in [5.74, 6) is 0.187. The number of rotatable bonds is 7. The first-order chi connectivity index (χ1) is 16.8. The van der Waals surface area contributed by atoms with Gasteiger partial charge >= 0.3 is 0 Å². The van der Waals surface area contributed by atoms with Gasteiger partial charge in [0.25, 0.3) is 11.6 Å². The SMILES string of the molecule is COc1cccc(C2c3cccn3CCN2C(=O)CN(C(=O)c2ccc([N+](=O)[O-])cc2)C(C)C)c1. The largest absolute Gasteiger partial charge is 0.497 e. The van der Waals surface area contributed by atoms with Crippen molar-refractivity contribution in [2.24, 2.45) is 0 Å². The third-order valence-electron chi connectivity index (χ3n) is 6.28. The van der Waals surface area contributed by atoms with Crippen LogP contribution in [-0.2, 0) is 11.3 Å². The summed E-state index contributed by atoms with van der Waals surface area (Å²) < 4.78 is 7.54. The lowest BCUT2D eigenvalue weighted by Crippen LogP contribution is -2.49. The van der Waals surface area contributed by atoms with Crippen LogP contribution in [-0.4, -0.2) is 57.3 Å². The molecule has 0 radical (unpaired) electrons. The maximum absolute atomic E-state index is 13.7. The predicted octanol–water partition coefficient (Wildman–Crippen LogP) is 3.89. The maximum atomic E-state index is 13.7. The van der Waals surface area contributed by atoms with Crippen molar-refractivity contribution in [2.75, 3.05) is 20.2 Å². The van der Waals surface area contributed by atoms with Gasteiger partial charge in [0.2, 0.25) is 5.91 Å². The van der Waals surface area contributed by atoms with E-state index in [0.717, 1.165) is 11.3 Å². The van der Waals surface area contributed by atoms with Crippen LogP contribution in [0.2, 0.25) is 0 Å². The number of amides is 2. The van der Waals surface area contributed by atoms with E-state index in [9.17, 15) is 19.7 Å². The highest BCUT2D eigenvalue weighted by Crippen LogP contribution is 2.34. The summed E-state index contributed by atoms with van der Waals surface area (Å²) in [4.78, 5) is 40.7. The summed E-state index contributed by atoms with van der Waals surface area (Å²) in [5.41, 5.74) is 2.13. The first-order valence-corrected chi connectivity index (χ1v) is 11.4. The predicted molar refractivity (Wildman–Crippen MR) is 130 cm³/mol. The first-order valence-electron chi connectivity index (χ1n) is 11.4. The quantitative estimate of drug-likeness (QED) is 0.381. The highest BCUT2D eigenvalue weighted by Gasteiger charge is 2.34. The molecule has 0 saturated carbocycles. The van der Waals surface area contributed by atoms with E-state index in [2.05, 4.69) is 4.57 Å². The number of nitro benzene ring substituents is 1. The van der Waals surface area contributed by atoms with E-state index in [0.29, 0.717) is 24.4 Å². The fourth-order valence-corrected chi connectivity index (χ4v) is 4.43. The molecule has 2 heterocycles. The Morgan fingerprint density at radius 1 is 1.11 bits per heavy atom. The van der Waals surface area contributed by atoms with Gasteiger partial charge in [0.05, 0.1) is 18.1 Å². The number of fused-ring (bicyclic) bond motifs is 1. The van der Waals surface area contributed by atoms with E-state index >= 15 is 0 Å². The summed E-state index contributed by atoms with van der Waals surface area (Å²) >= 11 is 0. The van der Waals surface area contributed by atoms with Crippen molar-refractivity contribution in [3.8, 4) is 5.75 Å². The Kier molecular flexibility index (Phi) is 6.86. The molecular formula is C26H28N4O5. The van der Waals surface area contributed by atoms with Gasteiger partial charge in [-0.1, -0.05) is 12.1 Å². The van der Waals surface area contributed by atoms with Crippen LogP contribution in [0.25, 0.3) is 0 Å². The van der Waals surface area contributed by atoms with Crippen LogP contribution in [0, 0.1) is 10.1 Å². The fraction of sp³-hybridized carbons (Fsp3) is 0.308. The molecule has 0 N–H and O–H groups in total. The number of aromatic nitrogens is 1. The van der Waals surface area contributed by atoms with Crippen LogP contribution in [0.4, 0.5) is 5.69 Å². The first kappa shape index (κ1) is 24.0.